The molecular weight excluding hydrogens is 326 g/mol. The van der Waals surface area contributed by atoms with Gasteiger partial charge in [-0.2, -0.15) is 0 Å². The number of hydrogen-bond donors (Lipinski definition) is 1. The highest BCUT2D eigenvalue weighted by molar-refractivity contribution is 5.93. The van der Waals surface area contributed by atoms with Gasteiger partial charge in [0, 0.05) is 61.1 Å². The third-order valence-electron chi connectivity index (χ3n) is 5.48. The van der Waals surface area contributed by atoms with E-state index in [1.165, 1.54) is 42.1 Å². The van der Waals surface area contributed by atoms with E-state index in [9.17, 15) is 0 Å². The number of rotatable bonds is 6. The number of benzene rings is 1. The summed E-state index contributed by atoms with van der Waals surface area (Å²) in [7, 11) is 0. The highest BCUT2D eigenvalue weighted by atomic mass is 16.7. The van der Waals surface area contributed by atoms with E-state index in [2.05, 4.69) is 39.5 Å². The van der Waals surface area contributed by atoms with E-state index in [0.29, 0.717) is 6.04 Å². The van der Waals surface area contributed by atoms with E-state index >= 15 is 0 Å². The third-order valence-corrected chi connectivity index (χ3v) is 5.48. The van der Waals surface area contributed by atoms with Crippen LogP contribution in [0.3, 0.4) is 0 Å². The van der Waals surface area contributed by atoms with Crippen LogP contribution in [0.15, 0.2) is 36.7 Å². The van der Waals surface area contributed by atoms with Gasteiger partial charge in [0.15, 0.2) is 6.29 Å². The van der Waals surface area contributed by atoms with Crippen LogP contribution < -0.4 is 5.32 Å². The molecule has 0 spiro atoms. The fourth-order valence-electron chi connectivity index (χ4n) is 3.93. The summed E-state index contributed by atoms with van der Waals surface area (Å²) in [5.74, 6) is 0. The van der Waals surface area contributed by atoms with Crippen molar-refractivity contribution in [2.24, 2.45) is 0 Å². The minimum Gasteiger partial charge on any atom is -0.382 e. The molecule has 2 aromatic rings. The molecule has 0 amide bonds. The maximum atomic E-state index is 5.87. The van der Waals surface area contributed by atoms with Crippen molar-refractivity contribution in [2.45, 2.75) is 44.4 Å². The van der Waals surface area contributed by atoms with Crippen molar-refractivity contribution in [3.05, 3.63) is 36.7 Å². The van der Waals surface area contributed by atoms with E-state index in [1.54, 1.807) is 0 Å². The number of piperidine rings is 1. The molecule has 26 heavy (non-hydrogen) atoms. The van der Waals surface area contributed by atoms with Gasteiger partial charge in [0.25, 0.3) is 0 Å². The van der Waals surface area contributed by atoms with Gasteiger partial charge in [-0.3, -0.25) is 4.98 Å². The number of likely N-dealkylation sites (tertiary alicyclic amines) is 1. The van der Waals surface area contributed by atoms with Gasteiger partial charge in [0.1, 0.15) is 0 Å². The first-order chi connectivity index (χ1) is 12.9. The Morgan fingerprint density at radius 1 is 1.15 bits per heavy atom. The number of fused-ring (bicyclic) bond motifs is 1. The van der Waals surface area contributed by atoms with Crippen molar-refractivity contribution in [1.82, 2.24) is 9.88 Å². The van der Waals surface area contributed by atoms with Crippen molar-refractivity contribution in [1.29, 1.82) is 0 Å². The summed E-state index contributed by atoms with van der Waals surface area (Å²) in [5, 5.41) is 6.19. The summed E-state index contributed by atoms with van der Waals surface area (Å²) in [6, 6.07) is 9.02. The van der Waals surface area contributed by atoms with Crippen LogP contribution in [0.4, 0.5) is 5.69 Å². The lowest BCUT2D eigenvalue weighted by atomic mass is 10.0. The minimum atomic E-state index is 0.0313. The van der Waals surface area contributed by atoms with Gasteiger partial charge in [-0.25, -0.2) is 0 Å². The quantitative estimate of drug-likeness (QED) is 0.857. The molecule has 4 rings (SSSR count). The van der Waals surface area contributed by atoms with Crippen LogP contribution in [-0.4, -0.2) is 55.1 Å². The highest BCUT2D eigenvalue weighted by Gasteiger charge is 2.20. The fourth-order valence-corrected chi connectivity index (χ4v) is 3.93. The Labute approximate surface area is 155 Å². The van der Waals surface area contributed by atoms with Gasteiger partial charge in [-0.1, -0.05) is 12.1 Å². The summed E-state index contributed by atoms with van der Waals surface area (Å²) in [5.41, 5.74) is 1.22. The monoisotopic (exact) mass is 355 g/mol. The summed E-state index contributed by atoms with van der Waals surface area (Å²) in [4.78, 5) is 6.73. The van der Waals surface area contributed by atoms with E-state index < -0.39 is 0 Å². The Hall–Kier alpha value is -1.69. The molecule has 5 heteroatoms. The molecule has 1 aromatic heterocycles. The zero-order chi connectivity index (χ0) is 17.6. The Kier molecular flexibility index (Phi) is 5.99. The van der Waals surface area contributed by atoms with E-state index in [0.717, 1.165) is 39.3 Å². The molecule has 2 fully saturated rings. The predicted molar refractivity (Wildman–Crippen MR) is 104 cm³/mol. The smallest absolute Gasteiger partial charge is 0.157 e. The maximum Gasteiger partial charge on any atom is 0.157 e. The molecule has 140 valence electrons. The van der Waals surface area contributed by atoms with Crippen LogP contribution in [0.1, 0.15) is 32.1 Å². The van der Waals surface area contributed by atoms with Crippen LogP contribution in [0.2, 0.25) is 0 Å². The third kappa shape index (κ3) is 4.53. The van der Waals surface area contributed by atoms with Crippen LogP contribution in [-0.2, 0) is 9.47 Å². The normalized spacial score (nSPS) is 22.5. The summed E-state index contributed by atoms with van der Waals surface area (Å²) in [6.07, 6.45) is 9.61. The summed E-state index contributed by atoms with van der Waals surface area (Å²) >= 11 is 0. The predicted octanol–water partition coefficient (Wildman–Crippen LogP) is 3.65. The summed E-state index contributed by atoms with van der Waals surface area (Å²) < 4.78 is 11.5. The van der Waals surface area contributed by atoms with Crippen molar-refractivity contribution in [2.75, 3.05) is 38.2 Å². The number of aromatic nitrogens is 1. The molecule has 1 atom stereocenters. The Bertz CT molecular complexity index is 689. The first kappa shape index (κ1) is 17.7. The molecule has 3 heterocycles. The molecule has 2 saturated heterocycles. The number of hydrogen-bond acceptors (Lipinski definition) is 5. The van der Waals surface area contributed by atoms with Crippen molar-refractivity contribution in [3.63, 3.8) is 0 Å². The molecule has 1 N–H and O–H groups in total. The molecule has 5 nitrogen and oxygen atoms in total. The first-order valence-electron chi connectivity index (χ1n) is 9.93. The van der Waals surface area contributed by atoms with Crippen LogP contribution in [0.5, 0.6) is 0 Å². The number of pyridine rings is 1. The summed E-state index contributed by atoms with van der Waals surface area (Å²) in [6.45, 7) is 4.88. The van der Waals surface area contributed by atoms with Gasteiger partial charge < -0.3 is 19.7 Å². The Morgan fingerprint density at radius 2 is 2.08 bits per heavy atom. The molecule has 2 aliphatic rings. The van der Waals surface area contributed by atoms with Crippen LogP contribution in [0.25, 0.3) is 10.8 Å². The lowest BCUT2D eigenvalue weighted by Crippen LogP contribution is -2.41. The molecule has 0 bridgehead atoms. The number of ether oxygens (including phenoxy) is 2. The van der Waals surface area contributed by atoms with Gasteiger partial charge in [-0.15, -0.1) is 0 Å². The fraction of sp³-hybridized carbons (Fsp3) is 0.571. The SMILES string of the molecule is c1cc(NC2CCN(CCOC3CCCCO3)CC2)c2ccncc2c1. The average molecular weight is 355 g/mol. The number of anilines is 1. The molecule has 0 aliphatic carbocycles. The molecule has 2 aliphatic heterocycles. The number of nitrogens with zero attached hydrogens (tertiary/aromatic N) is 2. The van der Waals surface area contributed by atoms with Crippen molar-refractivity contribution >= 4 is 16.5 Å². The topological polar surface area (TPSA) is 46.6 Å². The van der Waals surface area contributed by atoms with E-state index in [4.69, 9.17) is 9.47 Å². The second-order valence-corrected chi connectivity index (χ2v) is 7.33. The van der Waals surface area contributed by atoms with Crippen LogP contribution in [0, 0.1) is 0 Å². The molecule has 1 unspecified atom stereocenters. The van der Waals surface area contributed by atoms with Crippen LogP contribution >= 0.6 is 0 Å². The average Bonchev–Trinajstić information content (AvgIpc) is 2.70. The maximum absolute atomic E-state index is 5.87. The standard InChI is InChI=1S/C21H29N3O2/c1-2-14-25-21(6-1)26-15-13-24-11-8-18(9-12-24)23-20-5-3-4-17-16-22-10-7-19(17)20/h3-5,7,10,16,18,21,23H,1-2,6,8-9,11-15H2. The lowest BCUT2D eigenvalue weighted by molar-refractivity contribution is -0.164. The molecule has 0 saturated carbocycles. The highest BCUT2D eigenvalue weighted by Crippen LogP contribution is 2.25. The molecular formula is C21H29N3O2. The zero-order valence-corrected chi connectivity index (χ0v) is 15.4. The Morgan fingerprint density at radius 3 is 2.92 bits per heavy atom. The molecule has 0 radical (unpaired) electrons. The van der Waals surface area contributed by atoms with Crippen molar-refractivity contribution < 1.29 is 9.47 Å². The minimum absolute atomic E-state index is 0.0313. The van der Waals surface area contributed by atoms with Gasteiger partial charge in [0.05, 0.1) is 6.61 Å². The van der Waals surface area contributed by atoms with E-state index in [-0.39, 0.29) is 6.29 Å². The number of nitrogens with one attached hydrogen (secondary N) is 1. The van der Waals surface area contributed by atoms with Gasteiger partial charge in [0.2, 0.25) is 0 Å². The van der Waals surface area contributed by atoms with Gasteiger partial charge >= 0.3 is 0 Å². The molecule has 1 aromatic carbocycles. The first-order valence-corrected chi connectivity index (χ1v) is 9.93. The largest absolute Gasteiger partial charge is 0.382 e. The van der Waals surface area contributed by atoms with E-state index in [1.807, 2.05) is 12.4 Å². The van der Waals surface area contributed by atoms with Gasteiger partial charge in [-0.05, 0) is 44.2 Å². The second-order valence-electron chi connectivity index (χ2n) is 7.33. The van der Waals surface area contributed by atoms with Crippen molar-refractivity contribution in [3.8, 4) is 0 Å². The Balaban J connectivity index is 1.22. The zero-order valence-electron chi connectivity index (χ0n) is 15.4. The second kappa shape index (κ2) is 8.80. The lowest BCUT2D eigenvalue weighted by Gasteiger charge is -2.33.